The molecule has 0 radical (unpaired) electrons. The van der Waals surface area contributed by atoms with Crippen LogP contribution in [-0.4, -0.2) is 30.5 Å². The van der Waals surface area contributed by atoms with E-state index < -0.39 is 0 Å². The molecule has 0 fully saturated rings. The Bertz CT molecular complexity index is 482. The molecule has 2 aromatic rings. The van der Waals surface area contributed by atoms with Gasteiger partial charge in [0.1, 0.15) is 0 Å². The van der Waals surface area contributed by atoms with Crippen LogP contribution in [0.1, 0.15) is 16.6 Å². The van der Waals surface area contributed by atoms with Crippen LogP contribution in [0.15, 0.2) is 40.3 Å². The predicted molar refractivity (Wildman–Crippen MR) is 84.4 cm³/mol. The van der Waals surface area contributed by atoms with Gasteiger partial charge >= 0.3 is 0 Å². The lowest BCUT2D eigenvalue weighted by atomic mass is 10.2. The fourth-order valence-electron chi connectivity index (χ4n) is 1.87. The number of nitrogens with one attached hydrogen (secondary N) is 1. The highest BCUT2D eigenvalue weighted by Crippen LogP contribution is 2.22. The topological polar surface area (TPSA) is 28.2 Å². The van der Waals surface area contributed by atoms with Gasteiger partial charge in [0, 0.05) is 28.6 Å². The minimum atomic E-state index is 0.412. The van der Waals surface area contributed by atoms with Crippen LogP contribution in [0.4, 0.5) is 0 Å². The van der Waals surface area contributed by atoms with Crippen molar-refractivity contribution >= 4 is 27.3 Å². The number of nitrogens with zero attached hydrogens (tertiary/aromatic N) is 2. The summed E-state index contributed by atoms with van der Waals surface area (Å²) < 4.78 is 1.01. The van der Waals surface area contributed by atoms with E-state index in [4.69, 9.17) is 0 Å². The van der Waals surface area contributed by atoms with Gasteiger partial charge in [-0.2, -0.15) is 0 Å². The summed E-state index contributed by atoms with van der Waals surface area (Å²) in [5.74, 6) is 0. The Morgan fingerprint density at radius 2 is 2.21 bits per heavy atom. The van der Waals surface area contributed by atoms with Gasteiger partial charge in [-0.1, -0.05) is 6.07 Å². The second-order valence-electron chi connectivity index (χ2n) is 4.59. The lowest BCUT2D eigenvalue weighted by Crippen LogP contribution is -2.30. The van der Waals surface area contributed by atoms with Gasteiger partial charge in [0.2, 0.25) is 0 Å². The molecule has 0 amide bonds. The highest BCUT2D eigenvalue weighted by Gasteiger charge is 2.14. The summed E-state index contributed by atoms with van der Waals surface area (Å²) in [6.45, 7) is 1.72. The first-order valence-electron chi connectivity index (χ1n) is 6.18. The highest BCUT2D eigenvalue weighted by molar-refractivity contribution is 9.10. The minimum Gasteiger partial charge on any atom is -0.309 e. The maximum Gasteiger partial charge on any atom is 0.0561 e. The number of aromatic nitrogens is 1. The number of hydrogen-bond donors (Lipinski definition) is 1. The van der Waals surface area contributed by atoms with Crippen LogP contribution in [-0.2, 0) is 6.54 Å². The van der Waals surface area contributed by atoms with Crippen molar-refractivity contribution in [2.45, 2.75) is 12.6 Å². The highest BCUT2D eigenvalue weighted by atomic mass is 79.9. The van der Waals surface area contributed by atoms with Gasteiger partial charge in [-0.25, -0.2) is 0 Å². The van der Waals surface area contributed by atoms with Crippen LogP contribution in [0, 0.1) is 0 Å². The summed E-state index contributed by atoms with van der Waals surface area (Å²) in [4.78, 5) is 8.00. The Labute approximate surface area is 126 Å². The first kappa shape index (κ1) is 14.7. The van der Waals surface area contributed by atoms with E-state index in [9.17, 15) is 0 Å². The van der Waals surface area contributed by atoms with Crippen molar-refractivity contribution < 1.29 is 0 Å². The lowest BCUT2D eigenvalue weighted by Gasteiger charge is -2.23. The van der Waals surface area contributed by atoms with Crippen LogP contribution in [0.25, 0.3) is 0 Å². The Morgan fingerprint density at radius 1 is 1.37 bits per heavy atom. The van der Waals surface area contributed by atoms with Crippen LogP contribution < -0.4 is 5.32 Å². The minimum absolute atomic E-state index is 0.412. The van der Waals surface area contributed by atoms with Crippen molar-refractivity contribution in [1.82, 2.24) is 15.2 Å². The molecule has 102 valence electrons. The van der Waals surface area contributed by atoms with Crippen LogP contribution in [0.5, 0.6) is 0 Å². The Hall–Kier alpha value is -0.750. The van der Waals surface area contributed by atoms with E-state index in [-0.39, 0.29) is 0 Å². The van der Waals surface area contributed by atoms with Crippen LogP contribution >= 0.6 is 27.3 Å². The summed E-state index contributed by atoms with van der Waals surface area (Å²) in [6.07, 6.45) is 1.83. The average Bonchev–Trinajstić information content (AvgIpc) is 2.90. The van der Waals surface area contributed by atoms with Crippen LogP contribution in [0.2, 0.25) is 0 Å². The van der Waals surface area contributed by atoms with Gasteiger partial charge in [-0.3, -0.25) is 4.98 Å². The van der Waals surface area contributed by atoms with Gasteiger partial charge in [0.15, 0.2) is 0 Å². The van der Waals surface area contributed by atoms with Gasteiger partial charge in [-0.15, -0.1) is 11.3 Å². The zero-order chi connectivity index (χ0) is 13.7. The Morgan fingerprint density at radius 3 is 2.79 bits per heavy atom. The molecule has 0 spiro atoms. The van der Waals surface area contributed by atoms with Gasteiger partial charge in [0.25, 0.3) is 0 Å². The largest absolute Gasteiger partial charge is 0.309 e. The third-order valence-corrected chi connectivity index (χ3v) is 4.37. The fraction of sp³-hybridized carbons (Fsp3) is 0.357. The lowest BCUT2D eigenvalue weighted by molar-refractivity contribution is 0.292. The number of likely N-dealkylation sites (N-methyl/N-ethyl adjacent to an activating group) is 1. The van der Waals surface area contributed by atoms with E-state index in [0.29, 0.717) is 6.04 Å². The number of thiophene rings is 1. The monoisotopic (exact) mass is 339 g/mol. The summed E-state index contributed by atoms with van der Waals surface area (Å²) >= 11 is 5.20. The maximum atomic E-state index is 4.36. The molecule has 0 aliphatic heterocycles. The average molecular weight is 340 g/mol. The quantitative estimate of drug-likeness (QED) is 0.875. The summed E-state index contributed by atoms with van der Waals surface area (Å²) in [5.41, 5.74) is 1.06. The van der Waals surface area contributed by atoms with Crippen molar-refractivity contribution in [3.63, 3.8) is 0 Å². The zero-order valence-electron chi connectivity index (χ0n) is 11.1. The van der Waals surface area contributed by atoms with Gasteiger partial charge < -0.3 is 10.2 Å². The fourth-order valence-corrected chi connectivity index (χ4v) is 3.02. The Kier molecular flexibility index (Phi) is 5.51. The van der Waals surface area contributed by atoms with Crippen molar-refractivity contribution in [1.29, 1.82) is 0 Å². The molecular formula is C14H18BrN3S. The molecule has 0 saturated heterocycles. The summed E-state index contributed by atoms with van der Waals surface area (Å²) in [7, 11) is 4.23. The first-order valence-corrected chi connectivity index (χ1v) is 7.85. The molecule has 0 aliphatic rings. The molecule has 19 heavy (non-hydrogen) atoms. The molecule has 5 heteroatoms. The normalized spacial score (nSPS) is 12.8. The van der Waals surface area contributed by atoms with Crippen molar-refractivity contribution in [3.05, 3.63) is 50.9 Å². The third-order valence-electron chi connectivity index (χ3n) is 2.93. The predicted octanol–water partition coefficient (Wildman–Crippen LogP) is 3.30. The van der Waals surface area contributed by atoms with E-state index in [1.54, 1.807) is 11.3 Å². The van der Waals surface area contributed by atoms with Gasteiger partial charge in [0.05, 0.1) is 11.7 Å². The van der Waals surface area contributed by atoms with Crippen molar-refractivity contribution in [2.24, 2.45) is 0 Å². The third kappa shape index (κ3) is 4.38. The molecule has 0 aliphatic carbocycles. The molecule has 2 aromatic heterocycles. The number of hydrogen-bond acceptors (Lipinski definition) is 4. The molecule has 1 unspecified atom stereocenters. The summed E-state index contributed by atoms with van der Waals surface area (Å²) in [5, 5.41) is 5.61. The zero-order valence-corrected chi connectivity index (χ0v) is 13.5. The molecule has 1 N–H and O–H groups in total. The van der Waals surface area contributed by atoms with Crippen molar-refractivity contribution in [3.8, 4) is 0 Å². The second-order valence-corrected chi connectivity index (χ2v) is 6.49. The molecule has 2 heterocycles. The Balaban J connectivity index is 1.88. The standard InChI is InChI=1S/C14H18BrN3S/c1-18(2)13(14-4-3-7-19-14)10-16-9-12-6-5-11(15)8-17-12/h3-8,13,16H,9-10H2,1-2H3. The molecular weight excluding hydrogens is 322 g/mol. The second kappa shape index (κ2) is 7.14. The molecule has 2 rings (SSSR count). The van der Waals surface area contributed by atoms with E-state index >= 15 is 0 Å². The smallest absolute Gasteiger partial charge is 0.0561 e. The molecule has 3 nitrogen and oxygen atoms in total. The molecule has 0 saturated carbocycles. The number of pyridine rings is 1. The van der Waals surface area contributed by atoms with E-state index in [1.807, 2.05) is 18.3 Å². The maximum absolute atomic E-state index is 4.36. The van der Waals surface area contributed by atoms with Gasteiger partial charge in [-0.05, 0) is 53.6 Å². The van der Waals surface area contributed by atoms with Crippen molar-refractivity contribution in [2.75, 3.05) is 20.6 Å². The number of rotatable bonds is 6. The molecule has 1 atom stereocenters. The van der Waals surface area contributed by atoms with E-state index in [1.165, 1.54) is 4.88 Å². The summed E-state index contributed by atoms with van der Waals surface area (Å²) in [6, 6.07) is 8.76. The first-order chi connectivity index (χ1) is 9.16. The number of halogens is 1. The van der Waals surface area contributed by atoms with E-state index in [2.05, 4.69) is 62.7 Å². The molecule has 0 aromatic carbocycles. The molecule has 0 bridgehead atoms. The van der Waals surface area contributed by atoms with Crippen LogP contribution in [0.3, 0.4) is 0 Å². The SMILES string of the molecule is CN(C)C(CNCc1ccc(Br)cn1)c1cccs1. The van der Waals surface area contributed by atoms with E-state index in [0.717, 1.165) is 23.3 Å².